The smallest absolute Gasteiger partial charge is 1.00 e. The monoisotopic (exact) mass is 261 g/mol. The molecule has 2 nitrogen and oxygen atoms in total. The fraction of sp³-hybridized carbons (Fsp3) is 0. The van der Waals surface area contributed by atoms with E-state index >= 15 is 0 Å². The van der Waals surface area contributed by atoms with Crippen LogP contribution in [0.1, 0.15) is 5.71 Å². The molecule has 2 rings (SSSR count). The number of para-hydroxylation sites is 1. The molecule has 0 amide bonds. The number of aromatic hydroxyl groups is 1. The molecular weight excluding hydrogens is 250 g/mol. The number of phenols is 1. The Labute approximate surface area is 149 Å². The first-order valence-corrected chi connectivity index (χ1v) is 3.40. The summed E-state index contributed by atoms with van der Waals surface area (Å²) in [6.07, 6.45) is 1.67. The van der Waals surface area contributed by atoms with Gasteiger partial charge in [-0.05, 0) is 12.1 Å². The van der Waals surface area contributed by atoms with Gasteiger partial charge in [0.1, 0.15) is 11.3 Å². The first kappa shape index (κ1) is 17.6. The van der Waals surface area contributed by atoms with Crippen molar-refractivity contribution in [2.24, 2.45) is 0 Å². The number of hydrogen-bond donors (Lipinski definition) is 1. The van der Waals surface area contributed by atoms with Crippen molar-refractivity contribution < 1.29 is 32.5 Å². The zero-order valence-electron chi connectivity index (χ0n) is 11.8. The van der Waals surface area contributed by atoms with Gasteiger partial charge in [0.15, 0.2) is 0 Å². The van der Waals surface area contributed by atoms with E-state index in [1.165, 1.54) is 0 Å². The zero-order valence-corrected chi connectivity index (χ0v) is 13.0. The number of rotatable bonds is 0. The summed E-state index contributed by atoms with van der Waals surface area (Å²) in [4.78, 5) is 4.03. The van der Waals surface area contributed by atoms with Crippen LogP contribution in [0.25, 0.3) is 10.9 Å². The average molecular weight is 261 g/mol. The molecule has 5 heteroatoms. The van der Waals surface area contributed by atoms with Crippen LogP contribution >= 0.6 is 0 Å². The van der Waals surface area contributed by atoms with Crippen LogP contribution in [-0.4, -0.2) is 70.9 Å². The second-order valence-corrected chi connectivity index (χ2v) is 2.35. The molecule has 1 aromatic carbocycles. The Balaban J connectivity index is -0.0000000514. The second-order valence-electron chi connectivity index (χ2n) is 2.35. The number of aromatic nitrogens is 1. The summed E-state index contributed by atoms with van der Waals surface area (Å²) in [7, 11) is 0. The number of fused-ring (bicyclic) bond motifs is 1. The predicted molar refractivity (Wildman–Crippen MR) is 59.4 cm³/mol. The normalized spacial score (nSPS) is 8.00. The Morgan fingerprint density at radius 3 is 2.43 bits per heavy atom. The van der Waals surface area contributed by atoms with E-state index in [1.807, 2.05) is 18.2 Å². The van der Waals surface area contributed by atoms with Gasteiger partial charge >= 0.3 is 60.8 Å². The number of pyridine rings is 1. The molecule has 2 aromatic rings. The Kier molecular flexibility index (Phi) is 10.5. The Bertz CT molecular complexity index is 408. The third kappa shape index (κ3) is 3.97. The average Bonchev–Trinajstić information content (AvgIpc) is 2.06. The van der Waals surface area contributed by atoms with E-state index in [0.717, 1.165) is 5.39 Å². The third-order valence-corrected chi connectivity index (χ3v) is 1.61. The summed E-state index contributed by atoms with van der Waals surface area (Å²) in [5, 5.41) is 10.3. The van der Waals surface area contributed by atoms with Crippen LogP contribution in [-0.2, 0) is 21.7 Å². The molecule has 0 atom stereocenters. The van der Waals surface area contributed by atoms with Gasteiger partial charge in [0, 0.05) is 33.3 Å². The summed E-state index contributed by atoms with van der Waals surface area (Å²) >= 11 is 0. The minimum absolute atomic E-state index is 0. The van der Waals surface area contributed by atoms with E-state index in [1.54, 1.807) is 18.3 Å². The minimum Gasteiger partial charge on any atom is -1.00 e. The van der Waals surface area contributed by atoms with Gasteiger partial charge in [0.25, 0.3) is 0 Å². The van der Waals surface area contributed by atoms with Gasteiger partial charge in [0.2, 0.25) is 0 Å². The van der Waals surface area contributed by atoms with Gasteiger partial charge in [-0.25, -0.2) is 0 Å². The van der Waals surface area contributed by atoms with Crippen LogP contribution in [0.3, 0.4) is 0 Å². The van der Waals surface area contributed by atoms with E-state index in [-0.39, 0.29) is 94.0 Å². The zero-order chi connectivity index (χ0) is 7.68. The van der Waals surface area contributed by atoms with Gasteiger partial charge in [-0.15, -0.1) is 0 Å². The van der Waals surface area contributed by atoms with Gasteiger partial charge in [-0.3, -0.25) is 4.98 Å². The molecule has 1 aromatic heterocycles. The molecule has 1 heterocycles. The van der Waals surface area contributed by atoms with Crippen LogP contribution in [0, 0.1) is 0 Å². The predicted octanol–water partition coefficient (Wildman–Crippen LogP) is 1.63. The van der Waals surface area contributed by atoms with Gasteiger partial charge in [0.05, 0.1) is 0 Å². The van der Waals surface area contributed by atoms with Crippen molar-refractivity contribution in [2.75, 3.05) is 0 Å². The topological polar surface area (TPSA) is 33.1 Å². The van der Waals surface area contributed by atoms with Crippen molar-refractivity contribution in [3.63, 3.8) is 0 Å². The molecule has 0 aliphatic rings. The van der Waals surface area contributed by atoms with Crippen molar-refractivity contribution in [1.29, 1.82) is 0 Å². The molecule has 0 saturated heterocycles. The fourth-order valence-corrected chi connectivity index (χ4v) is 1.09. The summed E-state index contributed by atoms with van der Waals surface area (Å²) < 4.78 is 0. The van der Waals surface area contributed by atoms with E-state index in [4.69, 9.17) is 0 Å². The first-order valence-electron chi connectivity index (χ1n) is 3.40. The van der Waals surface area contributed by atoms with Crippen LogP contribution in [0.5, 0.6) is 5.75 Å². The molecule has 0 aliphatic carbocycles. The minimum atomic E-state index is 0. The fourth-order valence-electron chi connectivity index (χ4n) is 1.09. The van der Waals surface area contributed by atoms with E-state index in [2.05, 4.69) is 4.98 Å². The SMILES string of the molecule is Oc1cccc2cccnc12.[Ca+2].[H-].[H-].[H-].[H-].[Mg+2].[Ti]. The van der Waals surface area contributed by atoms with Gasteiger partial charge < -0.3 is 10.8 Å². The summed E-state index contributed by atoms with van der Waals surface area (Å²) in [6.45, 7) is 0. The molecule has 0 unspecified atom stereocenters. The molecular formula is C9H11CaMgNOTi. The molecule has 0 bridgehead atoms. The maximum absolute atomic E-state index is 9.31. The molecule has 14 heavy (non-hydrogen) atoms. The third-order valence-electron chi connectivity index (χ3n) is 1.61. The Hall–Kier alpha value is 1.17. The molecule has 0 aliphatic heterocycles. The summed E-state index contributed by atoms with van der Waals surface area (Å²) in [5.41, 5.74) is 0.662. The van der Waals surface area contributed by atoms with E-state index in [0.29, 0.717) is 5.52 Å². The van der Waals surface area contributed by atoms with Crippen molar-refractivity contribution in [3.8, 4) is 5.75 Å². The summed E-state index contributed by atoms with van der Waals surface area (Å²) in [5.74, 6) is 0.239. The number of benzene rings is 1. The molecule has 0 radical (unpaired) electrons. The maximum atomic E-state index is 9.31. The quantitative estimate of drug-likeness (QED) is 0.731. The Morgan fingerprint density at radius 2 is 1.79 bits per heavy atom. The van der Waals surface area contributed by atoms with Crippen LogP contribution in [0.4, 0.5) is 0 Å². The largest absolute Gasteiger partial charge is 2.00 e. The van der Waals surface area contributed by atoms with Crippen LogP contribution in [0.15, 0.2) is 36.5 Å². The maximum Gasteiger partial charge on any atom is 2.00 e. The van der Waals surface area contributed by atoms with Crippen molar-refractivity contribution >= 4 is 71.7 Å². The Morgan fingerprint density at radius 1 is 1.14 bits per heavy atom. The second kappa shape index (κ2) is 8.34. The van der Waals surface area contributed by atoms with Crippen molar-refractivity contribution in [3.05, 3.63) is 36.5 Å². The first-order chi connectivity index (χ1) is 5.38. The molecule has 0 saturated carbocycles. The van der Waals surface area contributed by atoms with Crippen molar-refractivity contribution in [2.45, 2.75) is 0 Å². The summed E-state index contributed by atoms with van der Waals surface area (Å²) in [6, 6.07) is 9.13. The van der Waals surface area contributed by atoms with Crippen molar-refractivity contribution in [1.82, 2.24) is 4.98 Å². The molecule has 0 fully saturated rings. The standard InChI is InChI=1S/C9H7NO.Ca.Mg.Ti.4H/c11-8-5-1-3-7-4-2-6-10-9(7)8;;;;;;;/h1-6,11H;;;;;;;/q;2*+2;;4*-1. The molecule has 66 valence electrons. The van der Waals surface area contributed by atoms with Gasteiger partial charge in [-0.1, -0.05) is 18.2 Å². The van der Waals surface area contributed by atoms with Crippen LogP contribution in [0.2, 0.25) is 0 Å². The number of phenolic OH excluding ortho intramolecular Hbond substituents is 1. The number of nitrogens with zero attached hydrogens (tertiary/aromatic N) is 1. The van der Waals surface area contributed by atoms with Crippen LogP contribution < -0.4 is 0 Å². The molecule has 1 N–H and O–H groups in total. The molecule has 0 spiro atoms. The van der Waals surface area contributed by atoms with E-state index in [9.17, 15) is 5.11 Å². The van der Waals surface area contributed by atoms with E-state index < -0.39 is 0 Å². The number of hydrogen-bond acceptors (Lipinski definition) is 2. The van der Waals surface area contributed by atoms with Gasteiger partial charge in [-0.2, -0.15) is 0 Å².